The van der Waals surface area contributed by atoms with Crippen LogP contribution in [-0.2, 0) is 72.2 Å². The Kier molecular flexibility index (Phi) is 20.4. The molecule has 0 radical (unpaired) electrons. The number of hydrogen-bond donors (Lipinski definition) is 2. The summed E-state index contributed by atoms with van der Waals surface area (Å²) in [4.78, 5) is 97.2. The summed E-state index contributed by atoms with van der Waals surface area (Å²) in [6, 6.07) is 30.8. The van der Waals surface area contributed by atoms with Crippen LogP contribution in [0.15, 0.2) is 91.0 Å². The maximum absolute atomic E-state index is 13.6. The maximum Gasteiger partial charge on any atom is 0.410 e. The van der Waals surface area contributed by atoms with E-state index in [0.29, 0.717) is 128 Å². The summed E-state index contributed by atoms with van der Waals surface area (Å²) >= 11 is 0. The quantitative estimate of drug-likeness (QED) is 0.150. The SMILES string of the molecule is COC(=O)CC[C@@]1(C)C(=O)CC[C@H]2[C@@H]3CC[C@]4(O[C@@H]5C[C@H](C)CN(C(=O)OCc6ccccc6)[C@H]5[C@H]4C)[C@]4(C)C[C@]34C[C@@H]21.C[C@H]1C[C@H]2O[C@]3(CC[C@H]4[C@@H]5CC[C@@H]6NC(=O)CC[C@]6(C)[C@H]5C[C@@]45C[C@]53C)[C@H](C)[C@@H]2N(C(=O)OCc2ccccc2)C1.C[C@H]1C[C@H]2O[C@]3(CC[C@H]4[C@@H]5CC[C@H]6NC(=O)CC[C@]6(C)[C@H]5C[C@@]45C[C@]53C)[C@H](C)[C@@H]2N(C(=O)OCc2ccccc2)C1. The second-order valence-electron chi connectivity index (χ2n) is 47.3. The van der Waals surface area contributed by atoms with Gasteiger partial charge in [0.1, 0.15) is 25.6 Å². The van der Waals surface area contributed by atoms with Crippen LogP contribution in [0.1, 0.15) is 273 Å². The molecule has 35 atom stereocenters. The molecular formula is C106H145N5O14. The number of likely N-dealkylation sites (tertiary alicyclic amines) is 3. The number of piperidine rings is 5. The Morgan fingerprint density at radius 2 is 0.752 bits per heavy atom. The molecule has 678 valence electrons. The third kappa shape index (κ3) is 12.2. The molecule has 20 fully saturated rings. The van der Waals surface area contributed by atoms with Crippen LogP contribution in [0.25, 0.3) is 0 Å². The average molecular weight is 1710 g/mol. The largest absolute Gasteiger partial charge is 0.469 e. The van der Waals surface area contributed by atoms with Gasteiger partial charge < -0.3 is 58.5 Å². The van der Waals surface area contributed by atoms with E-state index < -0.39 is 5.41 Å². The Balaban J connectivity index is 0.000000115. The Morgan fingerprint density at radius 3 is 1.10 bits per heavy atom. The number of amides is 5. The molecule has 0 bridgehead atoms. The summed E-state index contributed by atoms with van der Waals surface area (Å²) in [6.45, 7) is 31.7. The number of carbonyl (C=O) groups excluding carboxylic acids is 7. The lowest BCUT2D eigenvalue weighted by molar-refractivity contribution is -0.149. The number of benzene rings is 3. The Bertz CT molecular complexity index is 4540. The third-order valence-corrected chi connectivity index (χ3v) is 42.5. The van der Waals surface area contributed by atoms with Crippen molar-refractivity contribution < 1.29 is 66.7 Å². The van der Waals surface area contributed by atoms with E-state index in [1.54, 1.807) is 0 Å². The smallest absolute Gasteiger partial charge is 0.410 e. The van der Waals surface area contributed by atoms with E-state index in [4.69, 9.17) is 33.2 Å². The van der Waals surface area contributed by atoms with Crippen LogP contribution in [0.3, 0.4) is 0 Å². The van der Waals surface area contributed by atoms with E-state index in [2.05, 4.69) is 104 Å². The molecule has 2 N–H and O–H groups in total. The molecular weight excluding hydrogens is 1570 g/mol. The van der Waals surface area contributed by atoms with E-state index >= 15 is 0 Å². The minimum atomic E-state index is -0.468. The van der Waals surface area contributed by atoms with Crippen molar-refractivity contribution in [1.82, 2.24) is 25.3 Å². The summed E-state index contributed by atoms with van der Waals surface area (Å²) in [5.74, 6) is 8.51. The number of methoxy groups -OCH3 is 1. The second kappa shape index (κ2) is 30.0. The molecule has 8 saturated heterocycles. The van der Waals surface area contributed by atoms with Crippen LogP contribution in [0.4, 0.5) is 14.4 Å². The van der Waals surface area contributed by atoms with Gasteiger partial charge in [0.05, 0.1) is 60.4 Å². The molecule has 125 heavy (non-hydrogen) atoms. The van der Waals surface area contributed by atoms with Gasteiger partial charge >= 0.3 is 24.2 Å². The van der Waals surface area contributed by atoms with Gasteiger partial charge in [0, 0.05) is 96.8 Å². The zero-order valence-electron chi connectivity index (χ0n) is 77.3. The van der Waals surface area contributed by atoms with Crippen LogP contribution < -0.4 is 10.6 Å². The lowest BCUT2D eigenvalue weighted by Crippen LogP contribution is -2.57. The van der Waals surface area contributed by atoms with E-state index in [1.165, 1.54) is 58.5 Å². The Labute approximate surface area is 743 Å². The molecule has 20 aliphatic rings. The fraction of sp³-hybridized carbons (Fsp3) is 0.764. The summed E-state index contributed by atoms with van der Waals surface area (Å²) in [6.07, 6.45) is 27.6. The fourth-order valence-corrected chi connectivity index (χ4v) is 36.5. The normalized spacial score (nSPS) is 49.4. The van der Waals surface area contributed by atoms with Gasteiger partial charge in [-0.3, -0.25) is 19.2 Å². The van der Waals surface area contributed by atoms with E-state index in [9.17, 15) is 33.6 Å². The first kappa shape index (κ1) is 85.2. The van der Waals surface area contributed by atoms with E-state index in [0.717, 1.165) is 143 Å². The summed E-state index contributed by atoms with van der Waals surface area (Å²) in [5.41, 5.74) is 3.62. The van der Waals surface area contributed by atoms with Crippen LogP contribution in [0, 0.1) is 138 Å². The van der Waals surface area contributed by atoms with Crippen molar-refractivity contribution in [3.05, 3.63) is 108 Å². The van der Waals surface area contributed by atoms with Gasteiger partial charge in [-0.15, -0.1) is 0 Å². The van der Waals surface area contributed by atoms with Crippen molar-refractivity contribution in [2.24, 2.45) is 138 Å². The van der Waals surface area contributed by atoms with Crippen molar-refractivity contribution in [3.8, 4) is 0 Å². The number of esters is 1. The van der Waals surface area contributed by atoms with Crippen molar-refractivity contribution >= 4 is 41.8 Å². The highest BCUT2D eigenvalue weighted by Gasteiger charge is 2.89. The first-order valence-electron chi connectivity index (χ1n) is 49.9. The Morgan fingerprint density at radius 1 is 0.416 bits per heavy atom. The first-order valence-corrected chi connectivity index (χ1v) is 49.9. The molecule has 23 rings (SSSR count). The second-order valence-corrected chi connectivity index (χ2v) is 47.3. The predicted molar refractivity (Wildman–Crippen MR) is 472 cm³/mol. The van der Waals surface area contributed by atoms with Crippen LogP contribution in [-0.4, -0.2) is 149 Å². The minimum Gasteiger partial charge on any atom is -0.469 e. The molecule has 8 aliphatic heterocycles. The van der Waals surface area contributed by atoms with Gasteiger partial charge in [-0.05, 0) is 262 Å². The molecule has 3 aromatic rings. The highest BCUT2D eigenvalue weighted by molar-refractivity contribution is 5.86. The van der Waals surface area contributed by atoms with Gasteiger partial charge in [0.15, 0.2) is 0 Å². The molecule has 8 heterocycles. The van der Waals surface area contributed by atoms with Gasteiger partial charge in [0.25, 0.3) is 0 Å². The number of fused-ring (bicyclic) bond motifs is 16. The van der Waals surface area contributed by atoms with Crippen molar-refractivity contribution in [2.75, 3.05) is 26.7 Å². The molecule has 19 nitrogen and oxygen atoms in total. The standard InChI is InChI=1S/C36H49NO6.2C35H48N2O4/c1-22-17-28-31(37(19-22)32(40)42-20-24-9-7-6-8-10-24)23(2)36(43-28)16-13-26-25-11-12-29(38)33(3,15-14-30(39)41-5)27(25)18-35(26)21-34(35,36)4;2*1-21-16-27-30(37(18-21)31(39)40-19-23-8-6-5-7-9-23)22(2)35(41-27)15-12-25-24-10-11-28-32(3,14-13-29(38)36-28)26(24)17-34(25)20-33(34,35)4/h6-10,22-23,25-28,31H,11-21H2,1-5H3;2*5-9,21-22,24-28,30H,10-20H2,1-4H3,(H,36,38)/t22-,23+,25-,26-,27-,28+,31-,33+,34+,35+,36+;21-,22+,24-,25-,26-,27+,28+,30-,32+,33+,34+,35+;21-,22+,24-,25-,26-,27+,28-,30-,32+,33+,34+,35+/m000/s1. The van der Waals surface area contributed by atoms with Crippen LogP contribution >= 0.6 is 0 Å². The number of ketones is 1. The zero-order valence-corrected chi connectivity index (χ0v) is 77.3. The van der Waals surface area contributed by atoms with Crippen LogP contribution in [0.5, 0.6) is 0 Å². The molecule has 0 unspecified atom stereocenters. The predicted octanol–water partition coefficient (Wildman–Crippen LogP) is 19.2. The molecule has 0 aromatic heterocycles. The molecule has 5 amide bonds. The summed E-state index contributed by atoms with van der Waals surface area (Å²) in [7, 11) is 1.43. The number of nitrogens with one attached hydrogen (secondary N) is 2. The van der Waals surface area contributed by atoms with Crippen molar-refractivity contribution in [3.63, 3.8) is 0 Å². The molecule has 12 saturated carbocycles. The number of ether oxygens (including phenoxy) is 7. The number of Topliss-reactive ketones (excluding diaryl/α,β-unsaturated/α-hetero) is 1. The summed E-state index contributed by atoms with van der Waals surface area (Å²) < 4.78 is 44.7. The van der Waals surface area contributed by atoms with Crippen molar-refractivity contribution in [1.29, 1.82) is 0 Å². The highest BCUT2D eigenvalue weighted by Crippen LogP contribution is 2.91. The number of hydrogen-bond acceptors (Lipinski definition) is 14. The zero-order chi connectivity index (χ0) is 87.1. The molecule has 3 aromatic carbocycles. The van der Waals surface area contributed by atoms with E-state index in [-0.39, 0.29) is 146 Å². The lowest BCUT2D eigenvalue weighted by atomic mass is 9.56. The van der Waals surface area contributed by atoms with Crippen LogP contribution in [0.2, 0.25) is 0 Å². The summed E-state index contributed by atoms with van der Waals surface area (Å²) in [5, 5.41) is 6.81. The third-order valence-electron chi connectivity index (χ3n) is 42.5. The van der Waals surface area contributed by atoms with Gasteiger partial charge in [-0.2, -0.15) is 0 Å². The minimum absolute atomic E-state index is 0.0149. The number of carbonyl (C=O) groups is 7. The molecule has 12 aliphatic carbocycles. The van der Waals surface area contributed by atoms with E-state index in [1.807, 2.05) is 95.9 Å². The monoisotopic (exact) mass is 1710 g/mol. The number of rotatable bonds is 9. The van der Waals surface area contributed by atoms with Gasteiger partial charge in [-0.1, -0.05) is 174 Å². The van der Waals surface area contributed by atoms with Gasteiger partial charge in [-0.25, -0.2) is 14.4 Å². The lowest BCUT2D eigenvalue weighted by Gasteiger charge is -2.53. The first-order chi connectivity index (χ1) is 59.7. The Hall–Kier alpha value is -6.57. The highest BCUT2D eigenvalue weighted by atomic mass is 16.6. The molecule has 6 spiro atoms. The topological polar surface area (TPSA) is 218 Å². The van der Waals surface area contributed by atoms with Crippen molar-refractivity contribution in [2.45, 2.75) is 342 Å². The fourth-order valence-electron chi connectivity index (χ4n) is 36.5. The average Bonchev–Trinajstić information content (AvgIpc) is 1.47. The molecule has 19 heteroatoms. The van der Waals surface area contributed by atoms with Gasteiger partial charge in [0.2, 0.25) is 11.8 Å². The number of nitrogens with zero attached hydrogens (tertiary/aromatic N) is 3. The maximum atomic E-state index is 13.6.